The third kappa shape index (κ3) is 5.38. The lowest BCUT2D eigenvalue weighted by Crippen LogP contribution is -2.34. The van der Waals surface area contributed by atoms with Crippen molar-refractivity contribution in [2.75, 3.05) is 13.1 Å². The number of benzene rings is 1. The van der Waals surface area contributed by atoms with Crippen LogP contribution in [0.2, 0.25) is 0 Å². The van der Waals surface area contributed by atoms with Gasteiger partial charge >= 0.3 is 0 Å². The summed E-state index contributed by atoms with van der Waals surface area (Å²) in [6.07, 6.45) is 1.32. The summed E-state index contributed by atoms with van der Waals surface area (Å²) >= 11 is 0. The van der Waals surface area contributed by atoms with Crippen molar-refractivity contribution in [1.29, 1.82) is 0 Å². The van der Waals surface area contributed by atoms with Crippen molar-refractivity contribution in [2.45, 2.75) is 39.5 Å². The molecule has 4 heteroatoms. The summed E-state index contributed by atoms with van der Waals surface area (Å²) in [5.41, 5.74) is 1.25. The number of carbonyl (C=O) groups is 2. The van der Waals surface area contributed by atoms with Crippen molar-refractivity contribution in [3.63, 3.8) is 0 Å². The molecule has 3 atom stereocenters. The highest BCUT2D eigenvalue weighted by molar-refractivity contribution is 5.82. The van der Waals surface area contributed by atoms with Crippen LogP contribution in [0.4, 0.5) is 0 Å². The largest absolute Gasteiger partial charge is 0.355 e. The van der Waals surface area contributed by atoms with Crippen molar-refractivity contribution in [3.8, 4) is 0 Å². The standard InChI is InChI=1S/C19H28N2O2/c1-13(2)17(15-7-5-4-6-8-15)12-21-18(22)9-10-20-19(23)16-11-14(16)3/h4-8,13-14,16-17H,9-12H2,1-3H3,(H,20,23)(H,21,22). The molecular weight excluding hydrogens is 288 g/mol. The first-order valence-electron chi connectivity index (χ1n) is 8.58. The van der Waals surface area contributed by atoms with E-state index in [9.17, 15) is 9.59 Å². The Kier molecular flexibility index (Phi) is 6.20. The van der Waals surface area contributed by atoms with E-state index >= 15 is 0 Å². The normalized spacial score (nSPS) is 20.9. The highest BCUT2D eigenvalue weighted by Gasteiger charge is 2.38. The zero-order chi connectivity index (χ0) is 16.8. The first-order valence-corrected chi connectivity index (χ1v) is 8.58. The van der Waals surface area contributed by atoms with Gasteiger partial charge in [0.25, 0.3) is 0 Å². The number of hydrogen-bond donors (Lipinski definition) is 2. The second-order valence-electron chi connectivity index (χ2n) is 6.93. The molecular formula is C19H28N2O2. The van der Waals surface area contributed by atoms with Crippen LogP contribution in [-0.2, 0) is 9.59 Å². The average Bonchev–Trinajstić information content (AvgIpc) is 3.25. The summed E-state index contributed by atoms with van der Waals surface area (Å²) in [6, 6.07) is 10.3. The van der Waals surface area contributed by atoms with Gasteiger partial charge in [-0.1, -0.05) is 51.1 Å². The number of carbonyl (C=O) groups excluding carboxylic acids is 2. The Hall–Kier alpha value is -1.84. The first-order chi connectivity index (χ1) is 11.0. The molecule has 0 saturated heterocycles. The Morgan fingerprint density at radius 3 is 2.39 bits per heavy atom. The molecule has 2 amide bonds. The topological polar surface area (TPSA) is 58.2 Å². The van der Waals surface area contributed by atoms with Crippen LogP contribution in [0.5, 0.6) is 0 Å². The Balaban J connectivity index is 1.71. The molecule has 0 bridgehead atoms. The summed E-state index contributed by atoms with van der Waals surface area (Å²) in [7, 11) is 0. The minimum absolute atomic E-state index is 0.00396. The van der Waals surface area contributed by atoms with E-state index in [1.165, 1.54) is 5.56 Å². The monoisotopic (exact) mass is 316 g/mol. The maximum atomic E-state index is 12.0. The first kappa shape index (κ1) is 17.5. The molecule has 0 spiro atoms. The van der Waals surface area contributed by atoms with Gasteiger partial charge < -0.3 is 10.6 Å². The van der Waals surface area contributed by atoms with Gasteiger partial charge in [-0.15, -0.1) is 0 Å². The van der Waals surface area contributed by atoms with Crippen molar-refractivity contribution in [2.24, 2.45) is 17.8 Å². The third-order valence-electron chi connectivity index (χ3n) is 4.65. The van der Waals surface area contributed by atoms with Gasteiger partial charge in [-0.25, -0.2) is 0 Å². The van der Waals surface area contributed by atoms with Crippen LogP contribution >= 0.6 is 0 Å². The molecule has 1 saturated carbocycles. The lowest BCUT2D eigenvalue weighted by molar-refractivity contribution is -0.123. The maximum Gasteiger partial charge on any atom is 0.223 e. The molecule has 1 aliphatic carbocycles. The van der Waals surface area contributed by atoms with Gasteiger partial charge in [-0.05, 0) is 23.8 Å². The van der Waals surface area contributed by atoms with Crippen LogP contribution in [0.1, 0.15) is 45.1 Å². The van der Waals surface area contributed by atoms with Crippen molar-refractivity contribution in [3.05, 3.63) is 35.9 Å². The van der Waals surface area contributed by atoms with Gasteiger partial charge in [0.1, 0.15) is 0 Å². The highest BCUT2D eigenvalue weighted by Crippen LogP contribution is 2.37. The molecule has 1 aliphatic rings. The van der Waals surface area contributed by atoms with Crippen molar-refractivity contribution >= 4 is 11.8 Å². The minimum Gasteiger partial charge on any atom is -0.355 e. The highest BCUT2D eigenvalue weighted by atomic mass is 16.2. The Bertz CT molecular complexity index is 527. The molecule has 0 aliphatic heterocycles. The molecule has 1 aromatic carbocycles. The van der Waals surface area contributed by atoms with E-state index < -0.39 is 0 Å². The lowest BCUT2D eigenvalue weighted by Gasteiger charge is -2.22. The number of nitrogens with one attached hydrogen (secondary N) is 2. The predicted molar refractivity (Wildman–Crippen MR) is 91.9 cm³/mol. The summed E-state index contributed by atoms with van der Waals surface area (Å²) in [6.45, 7) is 7.47. The lowest BCUT2D eigenvalue weighted by atomic mass is 9.88. The number of hydrogen-bond acceptors (Lipinski definition) is 2. The molecule has 1 fully saturated rings. The third-order valence-corrected chi connectivity index (χ3v) is 4.65. The molecule has 4 nitrogen and oxygen atoms in total. The maximum absolute atomic E-state index is 12.0. The van der Waals surface area contributed by atoms with Gasteiger partial charge in [0.05, 0.1) is 0 Å². The van der Waals surface area contributed by atoms with E-state index in [0.29, 0.717) is 37.3 Å². The van der Waals surface area contributed by atoms with Gasteiger partial charge in [-0.3, -0.25) is 9.59 Å². The molecule has 0 aromatic heterocycles. The Morgan fingerprint density at radius 1 is 1.17 bits per heavy atom. The second-order valence-corrected chi connectivity index (χ2v) is 6.93. The van der Waals surface area contributed by atoms with Crippen molar-refractivity contribution < 1.29 is 9.59 Å². The van der Waals surface area contributed by atoms with E-state index in [1.807, 2.05) is 18.2 Å². The second kappa shape index (κ2) is 8.14. The van der Waals surface area contributed by atoms with E-state index in [-0.39, 0.29) is 17.7 Å². The zero-order valence-electron chi connectivity index (χ0n) is 14.3. The van der Waals surface area contributed by atoms with Crippen LogP contribution in [0.15, 0.2) is 30.3 Å². The van der Waals surface area contributed by atoms with Gasteiger partial charge in [0.2, 0.25) is 11.8 Å². The van der Waals surface area contributed by atoms with Crippen LogP contribution < -0.4 is 10.6 Å². The molecule has 23 heavy (non-hydrogen) atoms. The van der Waals surface area contributed by atoms with E-state index in [2.05, 4.69) is 43.5 Å². The van der Waals surface area contributed by atoms with E-state index in [4.69, 9.17) is 0 Å². The van der Waals surface area contributed by atoms with Gasteiger partial charge in [0, 0.05) is 31.3 Å². The van der Waals surface area contributed by atoms with E-state index in [0.717, 1.165) is 6.42 Å². The fourth-order valence-electron chi connectivity index (χ4n) is 2.87. The summed E-state index contributed by atoms with van der Waals surface area (Å²) in [5, 5.41) is 5.85. The summed E-state index contributed by atoms with van der Waals surface area (Å²) in [4.78, 5) is 23.7. The minimum atomic E-state index is -0.00396. The molecule has 126 valence electrons. The Labute approximate surface area is 139 Å². The fourth-order valence-corrected chi connectivity index (χ4v) is 2.87. The fraction of sp³-hybridized carbons (Fsp3) is 0.579. The van der Waals surface area contributed by atoms with Crippen LogP contribution in [0, 0.1) is 17.8 Å². The van der Waals surface area contributed by atoms with Gasteiger partial charge in [-0.2, -0.15) is 0 Å². The van der Waals surface area contributed by atoms with Crippen LogP contribution in [0.25, 0.3) is 0 Å². The zero-order valence-corrected chi connectivity index (χ0v) is 14.3. The molecule has 0 heterocycles. The summed E-state index contributed by atoms with van der Waals surface area (Å²) < 4.78 is 0. The average molecular weight is 316 g/mol. The molecule has 2 N–H and O–H groups in total. The van der Waals surface area contributed by atoms with Crippen LogP contribution in [0.3, 0.4) is 0 Å². The predicted octanol–water partition coefficient (Wildman–Crippen LogP) is 2.70. The van der Waals surface area contributed by atoms with Gasteiger partial charge in [0.15, 0.2) is 0 Å². The summed E-state index contributed by atoms with van der Waals surface area (Å²) in [5.74, 6) is 1.52. The quantitative estimate of drug-likeness (QED) is 0.775. The molecule has 1 aromatic rings. The van der Waals surface area contributed by atoms with Crippen LogP contribution in [-0.4, -0.2) is 24.9 Å². The van der Waals surface area contributed by atoms with Crippen molar-refractivity contribution in [1.82, 2.24) is 10.6 Å². The molecule has 0 radical (unpaired) electrons. The number of amides is 2. The smallest absolute Gasteiger partial charge is 0.223 e. The Morgan fingerprint density at radius 2 is 1.83 bits per heavy atom. The SMILES string of the molecule is CC(C)C(CNC(=O)CCNC(=O)C1CC1C)c1ccccc1. The molecule has 3 unspecified atom stereocenters. The number of rotatable bonds is 8. The molecule has 2 rings (SSSR count). The van der Waals surface area contributed by atoms with E-state index in [1.54, 1.807) is 0 Å².